The zero-order valence-electron chi connectivity index (χ0n) is 83.7. The molecule has 11 aliphatic rings. The number of nitrogens with two attached hydrogens (primary N) is 4. The lowest BCUT2D eigenvalue weighted by atomic mass is 9.82. The molecular weight excluding hydrogens is 1890 g/mol. The summed E-state index contributed by atoms with van der Waals surface area (Å²) in [5.41, 5.74) is 31.0. The Morgan fingerprint density at radius 3 is 0.772 bits per heavy atom. The number of alkyl halides is 3. The molecule has 12 heterocycles. The Morgan fingerprint density at radius 2 is 0.552 bits per heavy atom. The molecule has 776 valence electrons. The summed E-state index contributed by atoms with van der Waals surface area (Å²) in [5.74, 6) is 5.18. The number of methoxy groups -OCH3 is 7. The number of amides is 8. The van der Waals surface area contributed by atoms with Gasteiger partial charge in [0.1, 0.15) is 114 Å². The number of fused-ring (bicyclic) bond motifs is 4. The minimum absolute atomic E-state index is 0.0218. The monoisotopic (exact) mass is 2020 g/mol. The molecule has 4 aromatic carbocycles. The normalized spacial score (nSPS) is 19.8. The van der Waals surface area contributed by atoms with Crippen molar-refractivity contribution in [1.82, 2.24) is 58.7 Å². The predicted octanol–water partition coefficient (Wildman–Crippen LogP) is 16.0. The van der Waals surface area contributed by atoms with E-state index in [4.69, 9.17) is 83.0 Å². The first-order chi connectivity index (χ1) is 69.9. The van der Waals surface area contributed by atoms with E-state index < -0.39 is 46.9 Å². The van der Waals surface area contributed by atoms with E-state index >= 15 is 0 Å². The number of likely N-dealkylation sites (tertiary alicyclic amines) is 4. The lowest BCUT2D eigenvalue weighted by Crippen LogP contribution is -2.41. The van der Waals surface area contributed by atoms with Crippen LogP contribution in [0.3, 0.4) is 0 Å². The molecular formula is C106H134ClF3N20O15. The van der Waals surface area contributed by atoms with Crippen LogP contribution in [0, 0.1) is 23.7 Å². The van der Waals surface area contributed by atoms with Crippen molar-refractivity contribution in [2.24, 2.45) is 46.6 Å². The highest BCUT2D eigenvalue weighted by atomic mass is 35.5. The number of carbonyl (C=O) groups excluding carboxylic acids is 8. The Morgan fingerprint density at radius 1 is 0.331 bits per heavy atom. The number of carbonyl (C=O) groups is 8. The van der Waals surface area contributed by atoms with Crippen molar-refractivity contribution < 1.29 is 84.7 Å². The van der Waals surface area contributed by atoms with Gasteiger partial charge in [-0.2, -0.15) is 33.6 Å². The number of hydrogen-bond acceptors (Lipinski definition) is 23. The number of hydrogen-bond donors (Lipinski definition) is 8. The zero-order valence-corrected chi connectivity index (χ0v) is 84.4. The second kappa shape index (κ2) is 45.3. The molecule has 3 saturated carbocycles. The maximum atomic E-state index is 13.7. The SMILES string of the molecule is C=CC(=O)N1CCC(C2CCNc3c(C(N)=O)c(-c4cc(Cl)c(C5CC5)c(OC)c4)nn32)CC1.C=CC(=O)N1CCC(C2CCNc3c(C(N)=O)c(-c4cc(OC)c(C(F)(F)F)c(OC)c4)nn32)CC1.C=CC(=O)N1CCC(C2CCNc3c(C(N)=O)c(-c4cc(OC)c(C5CCCC5)c(OC)c4)nn32)CC1.C=CC(=O)N1CCC(C2CCNc3c(C(N)=O)c(-c4cc(OC)c(C5CCCCC5)c(OC)c4)nn32)CC1. The van der Waals surface area contributed by atoms with Gasteiger partial charge in [-0.05, 0) is 230 Å². The van der Waals surface area contributed by atoms with Crippen molar-refractivity contribution in [1.29, 1.82) is 0 Å². The Balaban J connectivity index is 0.000000139. The van der Waals surface area contributed by atoms with Gasteiger partial charge in [0.05, 0.1) is 73.9 Å². The van der Waals surface area contributed by atoms with Crippen LogP contribution in [-0.4, -0.2) is 234 Å². The summed E-state index contributed by atoms with van der Waals surface area (Å²) >= 11 is 6.67. The van der Waals surface area contributed by atoms with E-state index in [9.17, 15) is 51.5 Å². The van der Waals surface area contributed by atoms with Gasteiger partial charge in [0.2, 0.25) is 23.6 Å². The van der Waals surface area contributed by atoms with E-state index in [1.807, 2.05) is 65.1 Å². The fraction of sp³-hybridized carbons (Fsp3) is 0.509. The maximum absolute atomic E-state index is 13.7. The largest absolute Gasteiger partial charge is 0.496 e. The Bertz CT molecular complexity index is 6140. The average Bonchev–Trinajstić information content (AvgIpc) is 1.63. The second-order valence-electron chi connectivity index (χ2n) is 39.1. The molecule has 3 aliphatic carbocycles. The lowest BCUT2D eigenvalue weighted by Gasteiger charge is -2.38. The Kier molecular flexibility index (Phi) is 32.6. The van der Waals surface area contributed by atoms with Gasteiger partial charge in [0, 0.05) is 123 Å². The van der Waals surface area contributed by atoms with Gasteiger partial charge in [0.15, 0.2) is 0 Å². The Hall–Kier alpha value is -13.7. The Labute approximate surface area is 846 Å². The van der Waals surface area contributed by atoms with Crippen LogP contribution < -0.4 is 77.4 Å². The number of piperidine rings is 4. The molecule has 39 heteroatoms. The van der Waals surface area contributed by atoms with Gasteiger partial charge in [-0.25, -0.2) is 18.7 Å². The molecule has 4 aromatic heterocycles. The summed E-state index contributed by atoms with van der Waals surface area (Å²) in [6.07, 6.45) is 23.6. The van der Waals surface area contributed by atoms with Gasteiger partial charge in [0.25, 0.3) is 23.6 Å². The first-order valence-corrected chi connectivity index (χ1v) is 50.9. The van der Waals surface area contributed by atoms with E-state index in [1.165, 1.54) is 68.5 Å². The van der Waals surface area contributed by atoms with Crippen LogP contribution in [0.5, 0.6) is 40.2 Å². The van der Waals surface area contributed by atoms with Crippen LogP contribution in [0.4, 0.5) is 36.4 Å². The summed E-state index contributed by atoms with van der Waals surface area (Å²) in [6, 6.07) is 14.3. The summed E-state index contributed by atoms with van der Waals surface area (Å²) in [4.78, 5) is 106. The molecule has 145 heavy (non-hydrogen) atoms. The average molecular weight is 2020 g/mol. The van der Waals surface area contributed by atoms with Crippen LogP contribution >= 0.6 is 11.6 Å². The van der Waals surface area contributed by atoms with E-state index in [0.29, 0.717) is 162 Å². The van der Waals surface area contributed by atoms with Crippen LogP contribution in [0.2, 0.25) is 5.02 Å². The number of halogens is 4. The number of anilines is 4. The summed E-state index contributed by atoms with van der Waals surface area (Å²) < 4.78 is 87.7. The van der Waals surface area contributed by atoms with Crippen molar-refractivity contribution in [3.8, 4) is 85.3 Å². The van der Waals surface area contributed by atoms with E-state index in [1.54, 1.807) is 45.1 Å². The second-order valence-corrected chi connectivity index (χ2v) is 39.5. The number of rotatable bonds is 26. The first kappa shape index (κ1) is 104. The highest BCUT2D eigenvalue weighted by molar-refractivity contribution is 6.32. The van der Waals surface area contributed by atoms with Crippen LogP contribution in [0.15, 0.2) is 99.2 Å². The van der Waals surface area contributed by atoms with Crippen molar-refractivity contribution in [3.05, 3.63) is 149 Å². The smallest absolute Gasteiger partial charge is 0.423 e. The number of benzene rings is 4. The molecule has 4 saturated heterocycles. The van der Waals surface area contributed by atoms with Crippen LogP contribution in [0.25, 0.3) is 45.0 Å². The molecule has 19 rings (SSSR count). The van der Waals surface area contributed by atoms with E-state index in [0.717, 1.165) is 206 Å². The highest BCUT2D eigenvalue weighted by Crippen LogP contribution is 2.55. The topological polar surface area (TPSA) is 438 Å². The maximum Gasteiger partial charge on any atom is 0.423 e. The molecule has 0 bridgehead atoms. The van der Waals surface area contributed by atoms with Crippen molar-refractivity contribution >= 4 is 82.1 Å². The zero-order chi connectivity index (χ0) is 103. The summed E-state index contributed by atoms with van der Waals surface area (Å²) in [7, 11) is 10.6. The molecule has 12 N–H and O–H groups in total. The van der Waals surface area contributed by atoms with Crippen molar-refractivity contribution in [3.63, 3.8) is 0 Å². The van der Waals surface area contributed by atoms with Crippen LogP contribution in [-0.2, 0) is 25.4 Å². The number of aromatic nitrogens is 8. The third-order valence-electron chi connectivity index (χ3n) is 31.1. The van der Waals surface area contributed by atoms with Gasteiger partial charge in [-0.3, -0.25) is 38.4 Å². The molecule has 0 radical (unpaired) electrons. The highest BCUT2D eigenvalue weighted by Gasteiger charge is 2.46. The van der Waals surface area contributed by atoms with Crippen molar-refractivity contribution in [2.45, 2.75) is 196 Å². The summed E-state index contributed by atoms with van der Waals surface area (Å²) in [5, 5.41) is 33.5. The molecule has 35 nitrogen and oxygen atoms in total. The third-order valence-corrected chi connectivity index (χ3v) is 31.5. The van der Waals surface area contributed by atoms with E-state index in [2.05, 4.69) is 52.7 Å². The summed E-state index contributed by atoms with van der Waals surface area (Å²) in [6.45, 7) is 22.5. The molecule has 7 fully saturated rings. The molecule has 0 spiro atoms. The van der Waals surface area contributed by atoms with Gasteiger partial charge < -0.3 is 97.0 Å². The number of primary amides is 4. The van der Waals surface area contributed by atoms with Crippen LogP contribution in [0.1, 0.15) is 253 Å². The molecule has 8 aliphatic heterocycles. The standard InChI is InChI=1S/C29H39N5O4.C28H37N5O4.C25H30ClN5O3.C24H28F3N5O4/c1-4-24(35)33-14-11-18(12-15-33)21-10-13-31-29-26(28(30)36)27(32-34(21)29)20-16-22(37-2)25(23(17-20)38-3)19-8-6-5-7-9-19;1-4-23(34)32-13-10-17(11-14-32)20-9-12-30-28-25(27(29)35)26(31-33(20)28)19-15-21(36-2)24(22(16-19)37-3)18-7-5-6-8-18;1-3-20(32)30-10-7-14(8-11-30)18-6-9-28-25-22(24(27)33)23(29-31(18)25)16-12-17(26)21(15-4-5-15)19(13-16)34-2;1-4-18(33)31-9-6-13(7-10-31)15-5-8-29-23-19(22(28)34)21(30-32(15)23)14-11-16(35-2)20(24(25,26)27)17(12-14)36-3/h4,16-19,21,31H,1,5-15H2,2-3H3,(H2,30,36);4,15-18,20,30H,1,5-14H2,2-3H3,(H2,29,35);3,12-15,18,28H,1,4-11H2,2H3,(H2,27,33);4,11-13,15,29H,1,5-10H2,2-3H3,(H2,28,34). The molecule has 4 atom stereocenters. The third kappa shape index (κ3) is 21.4. The van der Waals surface area contributed by atoms with Crippen molar-refractivity contribution in [2.75, 3.05) is 150 Å². The quantitative estimate of drug-likeness (QED) is 0.0233. The number of nitrogens with one attached hydrogen (secondary N) is 4. The molecule has 8 amide bonds. The van der Waals surface area contributed by atoms with Gasteiger partial charge in [-0.1, -0.05) is 70.0 Å². The lowest BCUT2D eigenvalue weighted by molar-refractivity contribution is -0.140. The minimum atomic E-state index is -4.72. The molecule has 4 unspecified atom stereocenters. The first-order valence-electron chi connectivity index (χ1n) is 50.5. The number of ether oxygens (including phenoxy) is 7. The fourth-order valence-electron chi connectivity index (χ4n) is 23.8. The molecule has 8 aromatic rings. The van der Waals surface area contributed by atoms with Gasteiger partial charge >= 0.3 is 6.18 Å². The van der Waals surface area contributed by atoms with Gasteiger partial charge in [-0.15, -0.1) is 0 Å². The number of nitrogens with zero attached hydrogens (tertiary/aromatic N) is 12. The fourth-order valence-corrected chi connectivity index (χ4v) is 24.2. The minimum Gasteiger partial charge on any atom is -0.496 e. The van der Waals surface area contributed by atoms with E-state index in [-0.39, 0.29) is 70.5 Å². The predicted molar refractivity (Wildman–Crippen MR) is 546 cm³/mol.